The molecule has 6 nitrogen and oxygen atoms in total. The Balaban J connectivity index is 1.65. The van der Waals surface area contributed by atoms with Gasteiger partial charge in [0.25, 0.3) is 5.91 Å². The summed E-state index contributed by atoms with van der Waals surface area (Å²) in [6, 6.07) is 14.3. The Morgan fingerprint density at radius 3 is 2.58 bits per heavy atom. The smallest absolute Gasteiger partial charge is 0.264 e. The first-order chi connectivity index (χ1) is 12.5. The zero-order valence-electron chi connectivity index (χ0n) is 14.8. The molecule has 2 aromatic rings. The van der Waals surface area contributed by atoms with Crippen LogP contribution in [0.15, 0.2) is 48.5 Å². The number of hydrogen-bond acceptors (Lipinski definition) is 4. The van der Waals surface area contributed by atoms with E-state index >= 15 is 0 Å². The fraction of sp³-hybridized carbons (Fsp3) is 0.250. The quantitative estimate of drug-likeness (QED) is 0.776. The van der Waals surface area contributed by atoms with Gasteiger partial charge in [-0.3, -0.25) is 14.4 Å². The van der Waals surface area contributed by atoms with E-state index in [0.29, 0.717) is 17.0 Å². The molecule has 3 rings (SSSR count). The van der Waals surface area contributed by atoms with Crippen molar-refractivity contribution in [1.29, 1.82) is 0 Å². The summed E-state index contributed by atoms with van der Waals surface area (Å²) in [5.41, 5.74) is 1.82. The number of amides is 2. The van der Waals surface area contributed by atoms with E-state index in [9.17, 15) is 14.4 Å². The van der Waals surface area contributed by atoms with E-state index < -0.39 is 0 Å². The number of benzene rings is 2. The molecule has 6 heteroatoms. The molecule has 0 radical (unpaired) electrons. The minimum absolute atomic E-state index is 0.00286. The number of hydrogen-bond donors (Lipinski definition) is 0. The van der Waals surface area contributed by atoms with Crippen molar-refractivity contribution in [3.05, 3.63) is 54.1 Å². The van der Waals surface area contributed by atoms with E-state index in [-0.39, 0.29) is 37.0 Å². The average molecular weight is 352 g/mol. The Morgan fingerprint density at radius 1 is 1.12 bits per heavy atom. The van der Waals surface area contributed by atoms with Gasteiger partial charge in [-0.2, -0.15) is 0 Å². The number of ketones is 1. The lowest BCUT2D eigenvalue weighted by atomic mass is 10.0. The van der Waals surface area contributed by atoms with Crippen LogP contribution in [0.1, 0.15) is 23.2 Å². The molecule has 2 amide bonds. The second-order valence-corrected chi connectivity index (χ2v) is 6.14. The monoisotopic (exact) mass is 352 g/mol. The molecule has 1 heterocycles. The van der Waals surface area contributed by atoms with Crippen molar-refractivity contribution >= 4 is 29.0 Å². The van der Waals surface area contributed by atoms with Crippen LogP contribution in [0.2, 0.25) is 0 Å². The summed E-state index contributed by atoms with van der Waals surface area (Å²) in [7, 11) is 3.34. The van der Waals surface area contributed by atoms with Crippen LogP contribution in [-0.2, 0) is 9.59 Å². The summed E-state index contributed by atoms with van der Waals surface area (Å²) < 4.78 is 5.36. The summed E-state index contributed by atoms with van der Waals surface area (Å²) in [4.78, 5) is 39.5. The molecule has 2 aromatic carbocycles. The first-order valence-electron chi connectivity index (χ1n) is 8.35. The minimum Gasteiger partial charge on any atom is -0.482 e. The summed E-state index contributed by atoms with van der Waals surface area (Å²) >= 11 is 0. The van der Waals surface area contributed by atoms with Gasteiger partial charge in [0.05, 0.1) is 5.69 Å². The third-order valence-corrected chi connectivity index (χ3v) is 4.45. The molecule has 134 valence electrons. The Labute approximate surface area is 152 Å². The van der Waals surface area contributed by atoms with E-state index in [1.54, 1.807) is 37.2 Å². The van der Waals surface area contributed by atoms with Crippen LogP contribution in [0.5, 0.6) is 5.75 Å². The van der Waals surface area contributed by atoms with Crippen molar-refractivity contribution in [2.45, 2.75) is 12.8 Å². The van der Waals surface area contributed by atoms with Crippen LogP contribution in [0, 0.1) is 0 Å². The van der Waals surface area contributed by atoms with E-state index in [4.69, 9.17) is 4.74 Å². The molecular formula is C20H20N2O4. The number of nitrogens with zero attached hydrogens (tertiary/aromatic N) is 2. The highest BCUT2D eigenvalue weighted by Crippen LogP contribution is 2.32. The van der Waals surface area contributed by atoms with Gasteiger partial charge in [-0.1, -0.05) is 18.2 Å². The Hall–Kier alpha value is -3.15. The Kier molecular flexibility index (Phi) is 5.02. The molecule has 0 bridgehead atoms. The van der Waals surface area contributed by atoms with Crippen molar-refractivity contribution in [1.82, 2.24) is 0 Å². The molecule has 26 heavy (non-hydrogen) atoms. The molecule has 0 N–H and O–H groups in total. The summed E-state index contributed by atoms with van der Waals surface area (Å²) in [6.45, 7) is -0.00286. The number of carbonyl (C=O) groups excluding carboxylic acids is 3. The number of ether oxygens (including phenoxy) is 1. The topological polar surface area (TPSA) is 66.9 Å². The lowest BCUT2D eigenvalue weighted by molar-refractivity contribution is -0.121. The summed E-state index contributed by atoms with van der Waals surface area (Å²) in [5, 5.41) is 0. The first-order valence-corrected chi connectivity index (χ1v) is 8.35. The molecule has 0 spiro atoms. The predicted molar refractivity (Wildman–Crippen MR) is 98.8 cm³/mol. The van der Waals surface area contributed by atoms with Crippen LogP contribution in [0.25, 0.3) is 0 Å². The number of likely N-dealkylation sites (N-methyl/N-ethyl adjacent to an activating group) is 1. The highest BCUT2D eigenvalue weighted by Gasteiger charge is 2.23. The van der Waals surface area contributed by atoms with Gasteiger partial charge in [-0.25, -0.2) is 0 Å². The predicted octanol–water partition coefficient (Wildman–Crippen LogP) is 2.67. The molecule has 0 atom stereocenters. The van der Waals surface area contributed by atoms with Gasteiger partial charge in [0.15, 0.2) is 12.4 Å². The molecule has 0 saturated heterocycles. The third-order valence-electron chi connectivity index (χ3n) is 4.45. The second kappa shape index (κ2) is 7.39. The Bertz CT molecular complexity index is 848. The number of Topliss-reactive ketones (excluding diaryl/α,β-unsaturated/α-hetero) is 1. The zero-order chi connectivity index (χ0) is 18.7. The maximum atomic E-state index is 12.5. The van der Waals surface area contributed by atoms with Gasteiger partial charge >= 0.3 is 0 Å². The van der Waals surface area contributed by atoms with Gasteiger partial charge in [0.1, 0.15) is 5.75 Å². The van der Waals surface area contributed by atoms with Crippen molar-refractivity contribution in [2.24, 2.45) is 0 Å². The van der Waals surface area contributed by atoms with E-state index in [1.807, 2.05) is 30.3 Å². The number of carbonyl (C=O) groups is 3. The number of para-hydroxylation sites is 1. The van der Waals surface area contributed by atoms with Crippen LogP contribution in [-0.4, -0.2) is 38.3 Å². The molecule has 0 unspecified atom stereocenters. The lowest BCUT2D eigenvalue weighted by Crippen LogP contribution is -2.35. The van der Waals surface area contributed by atoms with Gasteiger partial charge in [-0.05, 0) is 30.3 Å². The van der Waals surface area contributed by atoms with Crippen LogP contribution in [0.4, 0.5) is 11.4 Å². The van der Waals surface area contributed by atoms with Crippen molar-refractivity contribution in [3.8, 4) is 5.75 Å². The normalized spacial score (nSPS) is 13.0. The fourth-order valence-corrected chi connectivity index (χ4v) is 2.77. The molecule has 0 fully saturated rings. The fourth-order valence-electron chi connectivity index (χ4n) is 2.77. The highest BCUT2D eigenvalue weighted by molar-refractivity contribution is 6.03. The van der Waals surface area contributed by atoms with Crippen LogP contribution < -0.4 is 14.5 Å². The second-order valence-electron chi connectivity index (χ2n) is 6.14. The van der Waals surface area contributed by atoms with Gasteiger partial charge < -0.3 is 14.5 Å². The van der Waals surface area contributed by atoms with E-state index in [2.05, 4.69) is 0 Å². The van der Waals surface area contributed by atoms with Crippen LogP contribution >= 0.6 is 0 Å². The van der Waals surface area contributed by atoms with Crippen molar-refractivity contribution in [3.63, 3.8) is 0 Å². The number of anilines is 2. The average Bonchev–Trinajstić information content (AvgIpc) is 2.68. The molecule has 1 aliphatic rings. The number of fused-ring (bicyclic) bond motifs is 1. The molecule has 0 aliphatic carbocycles. The molecular weight excluding hydrogens is 332 g/mol. The van der Waals surface area contributed by atoms with Crippen molar-refractivity contribution in [2.75, 3.05) is 30.5 Å². The minimum atomic E-state index is -0.165. The Morgan fingerprint density at radius 2 is 1.85 bits per heavy atom. The zero-order valence-corrected chi connectivity index (χ0v) is 14.8. The maximum absolute atomic E-state index is 12.5. The molecule has 0 saturated carbocycles. The van der Waals surface area contributed by atoms with Crippen molar-refractivity contribution < 1.29 is 19.1 Å². The maximum Gasteiger partial charge on any atom is 0.264 e. The SMILES string of the molecule is CN(C(=O)CCC(=O)c1ccc2c(c1)N(C)C(=O)CO2)c1ccccc1. The third kappa shape index (κ3) is 3.59. The van der Waals surface area contributed by atoms with Gasteiger partial charge in [0, 0.05) is 38.2 Å². The van der Waals surface area contributed by atoms with Gasteiger partial charge in [0.2, 0.25) is 5.91 Å². The van der Waals surface area contributed by atoms with Gasteiger partial charge in [-0.15, -0.1) is 0 Å². The lowest BCUT2D eigenvalue weighted by Gasteiger charge is -2.26. The molecule has 0 aromatic heterocycles. The van der Waals surface area contributed by atoms with E-state index in [0.717, 1.165) is 5.69 Å². The largest absolute Gasteiger partial charge is 0.482 e. The first kappa shape index (κ1) is 17.7. The van der Waals surface area contributed by atoms with E-state index in [1.165, 1.54) is 4.90 Å². The summed E-state index contributed by atoms with van der Waals surface area (Å²) in [5.74, 6) is 0.137. The molecule has 1 aliphatic heterocycles. The highest BCUT2D eigenvalue weighted by atomic mass is 16.5. The number of rotatable bonds is 5. The van der Waals surface area contributed by atoms with Crippen LogP contribution in [0.3, 0.4) is 0 Å². The standard InChI is InChI=1S/C20H20N2O4/c1-21(15-6-4-3-5-7-15)19(24)11-9-17(23)14-8-10-18-16(12-14)22(2)20(25)13-26-18/h3-8,10,12H,9,11,13H2,1-2H3. The summed E-state index contributed by atoms with van der Waals surface area (Å²) in [6.07, 6.45) is 0.222.